The third-order valence-electron chi connectivity index (χ3n) is 3.27. The first-order valence-corrected chi connectivity index (χ1v) is 7.24. The predicted molar refractivity (Wildman–Crippen MR) is 74.8 cm³/mol. The van der Waals surface area contributed by atoms with Crippen LogP contribution in [-0.2, 0) is 14.3 Å². The Bertz CT molecular complexity index is 261. The summed E-state index contributed by atoms with van der Waals surface area (Å²) in [4.78, 5) is 22.4. The number of methoxy groups -OCH3 is 1. The molecule has 0 aromatic rings. The summed E-state index contributed by atoms with van der Waals surface area (Å²) < 4.78 is 4.56. The van der Waals surface area contributed by atoms with Gasteiger partial charge in [-0.05, 0) is 18.8 Å². The summed E-state index contributed by atoms with van der Waals surface area (Å²) >= 11 is 0. The van der Waals surface area contributed by atoms with Crippen molar-refractivity contribution in [1.82, 2.24) is 0 Å². The van der Waals surface area contributed by atoms with Crippen molar-refractivity contribution < 1.29 is 19.4 Å². The quantitative estimate of drug-likeness (QED) is 0.464. The smallest absolute Gasteiger partial charge is 0.305 e. The Hall–Kier alpha value is -0.900. The van der Waals surface area contributed by atoms with Crippen LogP contribution in [0.5, 0.6) is 0 Å². The molecule has 1 atom stereocenters. The Morgan fingerprint density at radius 2 is 1.53 bits per heavy atom. The van der Waals surface area contributed by atoms with E-state index in [1.54, 1.807) is 0 Å². The van der Waals surface area contributed by atoms with Gasteiger partial charge >= 0.3 is 5.97 Å². The Morgan fingerprint density at radius 1 is 1.00 bits per heavy atom. The summed E-state index contributed by atoms with van der Waals surface area (Å²) in [6, 6.07) is 0. The fraction of sp³-hybridized carbons (Fsp3) is 0.867. The molecule has 0 unspecified atom stereocenters. The van der Waals surface area contributed by atoms with Crippen LogP contribution in [0.15, 0.2) is 0 Å². The molecule has 0 saturated carbocycles. The minimum absolute atomic E-state index is 0.141. The van der Waals surface area contributed by atoms with E-state index in [-0.39, 0.29) is 24.1 Å². The van der Waals surface area contributed by atoms with E-state index in [4.69, 9.17) is 0 Å². The fourth-order valence-electron chi connectivity index (χ4n) is 1.79. The van der Waals surface area contributed by atoms with E-state index >= 15 is 0 Å². The maximum Gasteiger partial charge on any atom is 0.305 e. The van der Waals surface area contributed by atoms with Gasteiger partial charge in [0.15, 0.2) is 0 Å². The SMILES string of the molecule is COC(=O)CCCCCCCC(=O)C[C@H](O)C(C)C. The summed E-state index contributed by atoms with van der Waals surface area (Å²) in [7, 11) is 1.40. The third-order valence-corrected chi connectivity index (χ3v) is 3.27. The lowest BCUT2D eigenvalue weighted by molar-refractivity contribution is -0.140. The van der Waals surface area contributed by atoms with Crippen LogP contribution in [0.3, 0.4) is 0 Å². The van der Waals surface area contributed by atoms with Crippen molar-refractivity contribution in [2.75, 3.05) is 7.11 Å². The first-order valence-electron chi connectivity index (χ1n) is 7.24. The van der Waals surface area contributed by atoms with Gasteiger partial charge in [-0.15, -0.1) is 0 Å². The van der Waals surface area contributed by atoms with Crippen LogP contribution in [0, 0.1) is 5.92 Å². The topological polar surface area (TPSA) is 63.6 Å². The van der Waals surface area contributed by atoms with Crippen molar-refractivity contribution in [2.24, 2.45) is 5.92 Å². The maximum absolute atomic E-state index is 11.6. The largest absolute Gasteiger partial charge is 0.469 e. The molecule has 0 heterocycles. The molecule has 19 heavy (non-hydrogen) atoms. The molecule has 0 aliphatic heterocycles. The van der Waals surface area contributed by atoms with Crippen molar-refractivity contribution in [1.29, 1.82) is 0 Å². The number of hydrogen-bond donors (Lipinski definition) is 1. The van der Waals surface area contributed by atoms with E-state index < -0.39 is 6.10 Å². The average molecular weight is 272 g/mol. The van der Waals surface area contributed by atoms with E-state index in [1.807, 2.05) is 13.8 Å². The molecule has 0 amide bonds. The normalized spacial score (nSPS) is 12.5. The molecular formula is C15H28O4. The molecular weight excluding hydrogens is 244 g/mol. The van der Waals surface area contributed by atoms with Gasteiger partial charge in [0.25, 0.3) is 0 Å². The molecule has 0 spiro atoms. The minimum Gasteiger partial charge on any atom is -0.469 e. The van der Waals surface area contributed by atoms with E-state index in [1.165, 1.54) is 7.11 Å². The van der Waals surface area contributed by atoms with Gasteiger partial charge < -0.3 is 9.84 Å². The number of carbonyl (C=O) groups is 2. The van der Waals surface area contributed by atoms with Crippen LogP contribution < -0.4 is 0 Å². The molecule has 0 fully saturated rings. The number of Topliss-reactive ketones (excluding diaryl/α,β-unsaturated/α-hetero) is 1. The molecule has 0 aliphatic rings. The second-order valence-electron chi connectivity index (χ2n) is 5.40. The number of rotatable bonds is 11. The van der Waals surface area contributed by atoms with Gasteiger partial charge in [-0.1, -0.05) is 33.1 Å². The summed E-state index contributed by atoms with van der Waals surface area (Å²) in [5.74, 6) is 0.135. The maximum atomic E-state index is 11.6. The first kappa shape index (κ1) is 18.1. The van der Waals surface area contributed by atoms with E-state index in [0.717, 1.165) is 32.1 Å². The second-order valence-corrected chi connectivity index (χ2v) is 5.40. The molecule has 4 nitrogen and oxygen atoms in total. The third kappa shape index (κ3) is 10.7. The number of esters is 1. The average Bonchev–Trinajstić information content (AvgIpc) is 2.36. The Balaban J connectivity index is 3.39. The Morgan fingerprint density at radius 3 is 2.05 bits per heavy atom. The van der Waals surface area contributed by atoms with Crippen LogP contribution >= 0.6 is 0 Å². The summed E-state index contributed by atoms with van der Waals surface area (Å²) in [6.07, 6.45) is 5.58. The highest BCUT2D eigenvalue weighted by Crippen LogP contribution is 2.11. The lowest BCUT2D eigenvalue weighted by Gasteiger charge is -2.12. The van der Waals surface area contributed by atoms with E-state index in [0.29, 0.717) is 12.8 Å². The highest BCUT2D eigenvalue weighted by Gasteiger charge is 2.13. The van der Waals surface area contributed by atoms with E-state index in [2.05, 4.69) is 4.74 Å². The molecule has 112 valence electrons. The van der Waals surface area contributed by atoms with Crippen LogP contribution in [0.25, 0.3) is 0 Å². The van der Waals surface area contributed by atoms with E-state index in [9.17, 15) is 14.7 Å². The number of aliphatic hydroxyl groups is 1. The number of ether oxygens (including phenoxy) is 1. The molecule has 4 heteroatoms. The van der Waals surface area contributed by atoms with Gasteiger partial charge in [-0.25, -0.2) is 0 Å². The van der Waals surface area contributed by atoms with Crippen LogP contribution in [-0.4, -0.2) is 30.1 Å². The highest BCUT2D eigenvalue weighted by molar-refractivity contribution is 5.78. The van der Waals surface area contributed by atoms with Gasteiger partial charge in [-0.3, -0.25) is 9.59 Å². The number of carbonyl (C=O) groups excluding carboxylic acids is 2. The molecule has 0 saturated heterocycles. The molecule has 0 aromatic carbocycles. The zero-order valence-corrected chi connectivity index (χ0v) is 12.5. The predicted octanol–water partition coefficient (Wildman–Crippen LogP) is 2.87. The zero-order chi connectivity index (χ0) is 14.7. The highest BCUT2D eigenvalue weighted by atomic mass is 16.5. The van der Waals surface area contributed by atoms with Crippen LogP contribution in [0.2, 0.25) is 0 Å². The molecule has 0 radical (unpaired) electrons. The zero-order valence-electron chi connectivity index (χ0n) is 12.5. The van der Waals surface area contributed by atoms with Crippen LogP contribution in [0.1, 0.15) is 65.2 Å². The molecule has 0 bridgehead atoms. The summed E-state index contributed by atoms with van der Waals surface area (Å²) in [6.45, 7) is 3.83. The summed E-state index contributed by atoms with van der Waals surface area (Å²) in [5, 5.41) is 9.58. The van der Waals surface area contributed by atoms with Crippen molar-refractivity contribution in [3.05, 3.63) is 0 Å². The summed E-state index contributed by atoms with van der Waals surface area (Å²) in [5.41, 5.74) is 0. The second kappa shape index (κ2) is 11.0. The Kier molecular flexibility index (Phi) is 10.5. The van der Waals surface area contributed by atoms with Crippen molar-refractivity contribution in [2.45, 2.75) is 71.3 Å². The van der Waals surface area contributed by atoms with Gasteiger partial charge in [0.2, 0.25) is 0 Å². The number of ketones is 1. The lowest BCUT2D eigenvalue weighted by Crippen LogP contribution is -2.19. The van der Waals surface area contributed by atoms with Gasteiger partial charge in [-0.2, -0.15) is 0 Å². The van der Waals surface area contributed by atoms with Crippen LogP contribution in [0.4, 0.5) is 0 Å². The molecule has 1 N–H and O–H groups in total. The minimum atomic E-state index is -0.507. The van der Waals surface area contributed by atoms with Crippen molar-refractivity contribution in [3.63, 3.8) is 0 Å². The molecule has 0 aromatic heterocycles. The first-order chi connectivity index (χ1) is 8.97. The van der Waals surface area contributed by atoms with Gasteiger partial charge in [0.05, 0.1) is 13.2 Å². The van der Waals surface area contributed by atoms with Crippen molar-refractivity contribution >= 4 is 11.8 Å². The molecule has 0 rings (SSSR count). The lowest BCUT2D eigenvalue weighted by atomic mass is 9.99. The number of unbranched alkanes of at least 4 members (excludes halogenated alkanes) is 4. The van der Waals surface area contributed by atoms with Crippen molar-refractivity contribution in [3.8, 4) is 0 Å². The number of aliphatic hydroxyl groups excluding tert-OH is 1. The fourth-order valence-corrected chi connectivity index (χ4v) is 1.79. The monoisotopic (exact) mass is 272 g/mol. The Labute approximate surface area is 116 Å². The van der Waals surface area contributed by atoms with Gasteiger partial charge in [0.1, 0.15) is 5.78 Å². The standard InChI is InChI=1S/C15H28O4/c1-12(2)14(17)11-13(16)9-7-5-4-6-8-10-15(18)19-3/h12,14,17H,4-11H2,1-3H3/t14-/m0/s1. The number of hydrogen-bond acceptors (Lipinski definition) is 4. The van der Waals surface area contributed by atoms with Gasteiger partial charge in [0, 0.05) is 19.3 Å². The molecule has 0 aliphatic carbocycles.